The van der Waals surface area contributed by atoms with Crippen LogP contribution in [0.15, 0.2) is 11.3 Å². The number of carboxylic acid groups (broad SMARTS) is 2. The molecule has 0 amide bonds. The fourth-order valence-electron chi connectivity index (χ4n) is 0.498. The van der Waals surface area contributed by atoms with Gasteiger partial charge in [-0.15, -0.1) is 0 Å². The average Bonchev–Trinajstić information content (AvgIpc) is 1.88. The molecular weight excluding hydrogens is 152 g/mol. The van der Waals surface area contributed by atoms with Gasteiger partial charge >= 0.3 is 11.9 Å². The second-order valence-corrected chi connectivity index (χ2v) is 1.77. The molecule has 0 saturated heterocycles. The lowest BCUT2D eigenvalue weighted by Gasteiger charge is -2.01. The largest absolute Gasteiger partial charge is 0.490 e. The number of methoxy groups -OCH3 is 1. The molecule has 0 aliphatic rings. The first kappa shape index (κ1) is 9.48. The molecule has 0 saturated carbocycles. The van der Waals surface area contributed by atoms with Crippen LogP contribution in [0.5, 0.6) is 0 Å². The lowest BCUT2D eigenvalue weighted by molar-refractivity contribution is -0.138. The van der Waals surface area contributed by atoms with E-state index in [9.17, 15) is 9.59 Å². The van der Waals surface area contributed by atoms with Gasteiger partial charge in [0.05, 0.1) is 12.7 Å². The Labute approximate surface area is 62.9 Å². The van der Waals surface area contributed by atoms with Gasteiger partial charge in [-0.05, 0) is 6.92 Å². The molecule has 0 bridgehead atoms. The summed E-state index contributed by atoms with van der Waals surface area (Å²) in [6.45, 7) is 1.16. The van der Waals surface area contributed by atoms with E-state index >= 15 is 0 Å². The van der Waals surface area contributed by atoms with Gasteiger partial charge in [-0.1, -0.05) is 0 Å². The van der Waals surface area contributed by atoms with Crippen molar-refractivity contribution in [2.75, 3.05) is 7.11 Å². The summed E-state index contributed by atoms with van der Waals surface area (Å²) < 4.78 is 4.33. The third kappa shape index (κ3) is 2.29. The lowest BCUT2D eigenvalue weighted by atomic mass is 10.2. The van der Waals surface area contributed by atoms with Crippen molar-refractivity contribution in [1.82, 2.24) is 0 Å². The first-order valence-electron chi connectivity index (χ1n) is 2.72. The van der Waals surface area contributed by atoms with Crippen LogP contribution in [-0.2, 0) is 14.3 Å². The normalized spacial score (nSPS) is 11.8. The predicted molar refractivity (Wildman–Crippen MR) is 35.0 cm³/mol. The topological polar surface area (TPSA) is 83.8 Å². The minimum atomic E-state index is -1.38. The van der Waals surface area contributed by atoms with Gasteiger partial charge in [0.25, 0.3) is 0 Å². The number of hydrogen-bond donors (Lipinski definition) is 2. The summed E-state index contributed by atoms with van der Waals surface area (Å²) >= 11 is 0. The molecule has 0 unspecified atom stereocenters. The Morgan fingerprint density at radius 2 is 1.64 bits per heavy atom. The third-order valence-electron chi connectivity index (χ3n) is 1.06. The predicted octanol–water partition coefficient (Wildman–Crippen LogP) is 0.0760. The molecule has 5 heteroatoms. The highest BCUT2D eigenvalue weighted by molar-refractivity contribution is 5.96. The first-order chi connectivity index (χ1) is 5.00. The number of carbonyl (C=O) groups is 2. The van der Waals surface area contributed by atoms with Crippen molar-refractivity contribution in [3.05, 3.63) is 11.3 Å². The summed E-state index contributed by atoms with van der Waals surface area (Å²) in [5.41, 5.74) is -0.319. The van der Waals surface area contributed by atoms with Crippen molar-refractivity contribution >= 4 is 11.9 Å². The van der Waals surface area contributed by atoms with E-state index in [1.165, 1.54) is 0 Å². The maximum atomic E-state index is 10.2. The highest BCUT2D eigenvalue weighted by Gasteiger charge is 2.16. The zero-order chi connectivity index (χ0) is 9.02. The molecule has 0 aromatic carbocycles. The SMILES string of the molecule is COC(C(=O)O)=C(C)C(=O)O. The van der Waals surface area contributed by atoms with E-state index in [4.69, 9.17) is 10.2 Å². The van der Waals surface area contributed by atoms with E-state index in [1.807, 2.05) is 0 Å². The number of rotatable bonds is 3. The Balaban J connectivity index is 4.83. The molecule has 0 atom stereocenters. The van der Waals surface area contributed by atoms with Crippen LogP contribution in [0, 0.1) is 0 Å². The summed E-state index contributed by atoms with van der Waals surface area (Å²) in [7, 11) is 1.11. The molecule has 0 aromatic heterocycles. The monoisotopic (exact) mass is 160 g/mol. The van der Waals surface area contributed by atoms with Crippen molar-refractivity contribution in [3.8, 4) is 0 Å². The number of aliphatic carboxylic acids is 2. The molecule has 11 heavy (non-hydrogen) atoms. The van der Waals surface area contributed by atoms with E-state index in [0.717, 1.165) is 14.0 Å². The minimum absolute atomic E-state index is 0.319. The molecule has 0 heterocycles. The van der Waals surface area contributed by atoms with Crippen LogP contribution in [0.3, 0.4) is 0 Å². The van der Waals surface area contributed by atoms with Crippen molar-refractivity contribution in [2.24, 2.45) is 0 Å². The summed E-state index contributed by atoms with van der Waals surface area (Å²) in [5, 5.41) is 16.7. The Morgan fingerprint density at radius 3 is 1.73 bits per heavy atom. The van der Waals surface area contributed by atoms with Crippen molar-refractivity contribution < 1.29 is 24.5 Å². The van der Waals surface area contributed by atoms with Crippen LogP contribution < -0.4 is 0 Å². The quantitative estimate of drug-likeness (QED) is 0.451. The Hall–Kier alpha value is -1.52. The van der Waals surface area contributed by atoms with Crippen molar-refractivity contribution in [2.45, 2.75) is 6.92 Å². The van der Waals surface area contributed by atoms with Crippen LogP contribution in [0.4, 0.5) is 0 Å². The Morgan fingerprint density at radius 1 is 1.18 bits per heavy atom. The molecule has 5 nitrogen and oxygen atoms in total. The maximum Gasteiger partial charge on any atom is 0.371 e. The van der Waals surface area contributed by atoms with Crippen LogP contribution in [0.1, 0.15) is 6.92 Å². The molecule has 0 spiro atoms. The van der Waals surface area contributed by atoms with Gasteiger partial charge < -0.3 is 14.9 Å². The van der Waals surface area contributed by atoms with Gasteiger partial charge in [-0.3, -0.25) is 0 Å². The average molecular weight is 160 g/mol. The van der Waals surface area contributed by atoms with Gasteiger partial charge in [-0.2, -0.15) is 0 Å². The van der Waals surface area contributed by atoms with Gasteiger partial charge in [0.1, 0.15) is 0 Å². The number of ether oxygens (including phenoxy) is 1. The van der Waals surface area contributed by atoms with Gasteiger partial charge in [0.2, 0.25) is 5.76 Å². The van der Waals surface area contributed by atoms with Gasteiger partial charge in [0.15, 0.2) is 0 Å². The molecule has 0 aromatic rings. The second kappa shape index (κ2) is 3.60. The van der Waals surface area contributed by atoms with Gasteiger partial charge in [-0.25, -0.2) is 9.59 Å². The van der Waals surface area contributed by atoms with Crippen LogP contribution >= 0.6 is 0 Å². The third-order valence-corrected chi connectivity index (χ3v) is 1.06. The van der Waals surface area contributed by atoms with Crippen molar-refractivity contribution in [1.29, 1.82) is 0 Å². The highest BCUT2D eigenvalue weighted by Crippen LogP contribution is 2.04. The number of hydrogen-bond acceptors (Lipinski definition) is 3. The Kier molecular flexibility index (Phi) is 3.10. The molecule has 0 aliphatic heterocycles. The number of carboxylic acids is 2. The van der Waals surface area contributed by atoms with Crippen molar-refractivity contribution in [3.63, 3.8) is 0 Å². The molecular formula is C6H8O5. The Bertz CT molecular complexity index is 215. The molecule has 0 aliphatic carbocycles. The fraction of sp³-hybridized carbons (Fsp3) is 0.333. The standard InChI is InChI=1S/C6H8O5/c1-3(5(7)8)4(11-2)6(9)10/h1-2H3,(H,7,8)(H,9,10). The van der Waals surface area contributed by atoms with E-state index in [-0.39, 0.29) is 5.57 Å². The van der Waals surface area contributed by atoms with Gasteiger partial charge in [0, 0.05) is 0 Å². The molecule has 0 radical (unpaired) electrons. The summed E-state index contributed by atoms with van der Waals surface area (Å²) in [6.07, 6.45) is 0. The van der Waals surface area contributed by atoms with E-state index < -0.39 is 17.7 Å². The fourth-order valence-corrected chi connectivity index (χ4v) is 0.498. The summed E-state index contributed by atoms with van der Waals surface area (Å²) in [5.74, 6) is -3.23. The molecule has 62 valence electrons. The summed E-state index contributed by atoms with van der Waals surface area (Å²) in [4.78, 5) is 20.4. The second-order valence-electron chi connectivity index (χ2n) is 1.77. The summed E-state index contributed by atoms with van der Waals surface area (Å²) in [6, 6.07) is 0. The molecule has 0 fully saturated rings. The lowest BCUT2D eigenvalue weighted by Crippen LogP contribution is -2.10. The zero-order valence-corrected chi connectivity index (χ0v) is 6.12. The van der Waals surface area contributed by atoms with Crippen LogP contribution in [-0.4, -0.2) is 29.3 Å². The minimum Gasteiger partial charge on any atom is -0.490 e. The first-order valence-corrected chi connectivity index (χ1v) is 2.72. The molecule has 0 rings (SSSR count). The smallest absolute Gasteiger partial charge is 0.371 e. The van der Waals surface area contributed by atoms with E-state index in [0.29, 0.717) is 0 Å². The van der Waals surface area contributed by atoms with E-state index in [2.05, 4.69) is 4.74 Å². The molecule has 2 N–H and O–H groups in total. The maximum absolute atomic E-state index is 10.2. The highest BCUT2D eigenvalue weighted by atomic mass is 16.5. The van der Waals surface area contributed by atoms with Crippen LogP contribution in [0.2, 0.25) is 0 Å². The van der Waals surface area contributed by atoms with Crippen LogP contribution in [0.25, 0.3) is 0 Å². The van der Waals surface area contributed by atoms with E-state index in [1.54, 1.807) is 0 Å². The zero-order valence-electron chi connectivity index (χ0n) is 6.12.